The summed E-state index contributed by atoms with van der Waals surface area (Å²) in [4.78, 5) is 17.6. The van der Waals surface area contributed by atoms with Gasteiger partial charge in [-0.25, -0.2) is 15.6 Å². The first-order valence-corrected chi connectivity index (χ1v) is 15.7. The molecule has 4 heterocycles. The number of alkyl halides is 6. The molecule has 0 spiro atoms. The predicted octanol–water partition coefficient (Wildman–Crippen LogP) is 5.93. The number of rotatable bonds is 6. The fraction of sp³-hybridized carbons (Fsp3) is 0.767. The van der Waals surface area contributed by atoms with Crippen LogP contribution in [0.4, 0.5) is 26.3 Å². The Kier molecular flexibility index (Phi) is 8.40. The number of fused-ring (bicyclic) bond motifs is 1. The van der Waals surface area contributed by atoms with Crippen molar-refractivity contribution < 1.29 is 26.3 Å². The van der Waals surface area contributed by atoms with Crippen molar-refractivity contribution in [3.8, 4) is 0 Å². The lowest BCUT2D eigenvalue weighted by Crippen LogP contribution is -2.50. The molecule has 43 heavy (non-hydrogen) atoms. The number of nitrogens with zero attached hydrogens (tertiary/aromatic N) is 4. The molecule has 2 saturated carbocycles. The van der Waals surface area contributed by atoms with Crippen LogP contribution in [0.2, 0.25) is 0 Å². The maximum absolute atomic E-state index is 14.4. The standard InChI is InChI=1S/C30H42F6N6O/c1-18(40-11-5-9-22(15-40)29(31,32)33)21-13-24(30(34,35)36)25-16-41(28(43)42(25)14-21)23-10-4-8-20(12-23)26(19-6-3-7-19)27-38-37-17-39(27)2/h13-14,16,18-20,22-23,26-27,37-38H,3-12,15,17H2,1-2H3/t18-,20?,22+,23?,26+,27?/m0/s1. The molecule has 2 aliphatic heterocycles. The Hall–Kier alpha value is -2.09. The largest absolute Gasteiger partial charge is 0.418 e. The van der Waals surface area contributed by atoms with E-state index >= 15 is 0 Å². The Morgan fingerprint density at radius 2 is 1.67 bits per heavy atom. The molecule has 2 saturated heterocycles. The summed E-state index contributed by atoms with van der Waals surface area (Å²) in [5.41, 5.74) is 5.19. The van der Waals surface area contributed by atoms with Crippen molar-refractivity contribution in [3.63, 3.8) is 0 Å². The van der Waals surface area contributed by atoms with E-state index in [1.165, 1.54) is 36.2 Å². The summed E-state index contributed by atoms with van der Waals surface area (Å²) in [6.07, 6.45) is 1.08. The molecule has 0 radical (unpaired) electrons. The van der Waals surface area contributed by atoms with E-state index in [0.29, 0.717) is 37.1 Å². The van der Waals surface area contributed by atoms with Crippen molar-refractivity contribution in [3.05, 3.63) is 40.1 Å². The Labute approximate surface area is 247 Å². The van der Waals surface area contributed by atoms with Gasteiger partial charge in [0.1, 0.15) is 0 Å². The quantitative estimate of drug-likeness (QED) is 0.395. The van der Waals surface area contributed by atoms with Gasteiger partial charge in [0.2, 0.25) is 0 Å². The molecule has 2 aromatic rings. The fourth-order valence-electron chi connectivity index (χ4n) is 8.18. The van der Waals surface area contributed by atoms with Gasteiger partial charge in [-0.3, -0.25) is 18.8 Å². The van der Waals surface area contributed by atoms with E-state index in [1.807, 2.05) is 0 Å². The maximum atomic E-state index is 14.4. The summed E-state index contributed by atoms with van der Waals surface area (Å²) < 4.78 is 86.2. The SMILES string of the molecule is C[C@@H](c1cc(C(F)(F)F)c2cn(C3CCCC([C@@H](C4CCC4)C4NNCN4C)C3)c(=O)n2c1)N1CCC[C@@H](C(F)(F)F)C1. The minimum absolute atomic E-state index is 0.00938. The van der Waals surface area contributed by atoms with Crippen molar-refractivity contribution in [2.45, 2.75) is 95.3 Å². The van der Waals surface area contributed by atoms with Gasteiger partial charge in [0.05, 0.1) is 29.8 Å². The average Bonchev–Trinajstić information content (AvgIpc) is 3.51. The summed E-state index contributed by atoms with van der Waals surface area (Å²) >= 11 is 0. The summed E-state index contributed by atoms with van der Waals surface area (Å²) in [5, 5.41) is 0. The minimum atomic E-state index is -4.73. The monoisotopic (exact) mass is 616 g/mol. The summed E-state index contributed by atoms with van der Waals surface area (Å²) in [5.74, 6) is -0.220. The number of piperidine rings is 1. The van der Waals surface area contributed by atoms with Crippen LogP contribution in [0.5, 0.6) is 0 Å². The van der Waals surface area contributed by atoms with Crippen LogP contribution in [-0.2, 0) is 6.18 Å². The second-order valence-electron chi connectivity index (χ2n) is 13.3. The van der Waals surface area contributed by atoms with Crippen molar-refractivity contribution in [1.29, 1.82) is 0 Å². The molecular formula is C30H42F6N6O. The van der Waals surface area contributed by atoms with Crippen molar-refractivity contribution in [2.24, 2.45) is 23.7 Å². The molecule has 3 unspecified atom stereocenters. The number of likely N-dealkylation sites (tertiary alicyclic amines) is 1. The fourth-order valence-corrected chi connectivity index (χ4v) is 8.18. The molecular weight excluding hydrogens is 574 g/mol. The van der Waals surface area contributed by atoms with Crippen LogP contribution in [0.3, 0.4) is 0 Å². The van der Waals surface area contributed by atoms with Crippen LogP contribution in [0.15, 0.2) is 23.3 Å². The lowest BCUT2D eigenvalue weighted by Gasteiger charge is -2.46. The van der Waals surface area contributed by atoms with Gasteiger partial charge in [0.25, 0.3) is 0 Å². The lowest BCUT2D eigenvalue weighted by atomic mass is 9.65. The normalized spacial score (nSPS) is 30.0. The molecule has 4 aliphatic rings. The molecule has 2 aliphatic carbocycles. The minimum Gasteiger partial charge on any atom is -0.296 e. The van der Waals surface area contributed by atoms with Crippen LogP contribution in [0.1, 0.15) is 87.9 Å². The van der Waals surface area contributed by atoms with E-state index in [-0.39, 0.29) is 36.3 Å². The summed E-state index contributed by atoms with van der Waals surface area (Å²) in [6.45, 7) is 2.45. The number of hydrogen-bond donors (Lipinski definition) is 2. The molecule has 4 fully saturated rings. The summed E-state index contributed by atoms with van der Waals surface area (Å²) in [6, 6.07) is 0.0917. The molecule has 6 rings (SSSR count). The van der Waals surface area contributed by atoms with E-state index in [9.17, 15) is 31.1 Å². The Morgan fingerprint density at radius 1 is 0.953 bits per heavy atom. The Balaban J connectivity index is 1.32. The predicted molar refractivity (Wildman–Crippen MR) is 150 cm³/mol. The molecule has 2 aromatic heterocycles. The molecule has 240 valence electrons. The number of hydrazine groups is 1. The molecule has 13 heteroatoms. The Bertz CT molecular complexity index is 1350. The van der Waals surface area contributed by atoms with E-state index in [1.54, 1.807) is 11.8 Å². The average molecular weight is 617 g/mol. The van der Waals surface area contributed by atoms with E-state index in [0.717, 1.165) is 36.4 Å². The number of imidazole rings is 1. The van der Waals surface area contributed by atoms with Gasteiger partial charge in [-0.1, -0.05) is 25.7 Å². The van der Waals surface area contributed by atoms with E-state index in [4.69, 9.17) is 0 Å². The first-order chi connectivity index (χ1) is 20.3. The molecule has 7 nitrogen and oxygen atoms in total. The smallest absolute Gasteiger partial charge is 0.296 e. The summed E-state index contributed by atoms with van der Waals surface area (Å²) in [7, 11) is 2.08. The van der Waals surface area contributed by atoms with E-state index < -0.39 is 35.6 Å². The van der Waals surface area contributed by atoms with Gasteiger partial charge < -0.3 is 0 Å². The van der Waals surface area contributed by atoms with Crippen LogP contribution >= 0.6 is 0 Å². The number of nitrogens with one attached hydrogen (secondary N) is 2. The van der Waals surface area contributed by atoms with E-state index in [2.05, 4.69) is 22.8 Å². The first kappa shape index (κ1) is 30.9. The number of pyridine rings is 1. The highest BCUT2D eigenvalue weighted by Crippen LogP contribution is 2.47. The lowest BCUT2D eigenvalue weighted by molar-refractivity contribution is -0.188. The second-order valence-corrected chi connectivity index (χ2v) is 13.3. The van der Waals surface area contributed by atoms with Gasteiger partial charge in [0.15, 0.2) is 0 Å². The van der Waals surface area contributed by atoms with Gasteiger partial charge in [-0.15, -0.1) is 0 Å². The second kappa shape index (κ2) is 11.7. The zero-order chi connectivity index (χ0) is 30.7. The third kappa shape index (κ3) is 5.98. The van der Waals surface area contributed by atoms with Crippen molar-refractivity contribution in [1.82, 2.24) is 29.6 Å². The topological polar surface area (TPSA) is 57.0 Å². The number of hydrogen-bond acceptors (Lipinski definition) is 5. The van der Waals surface area contributed by atoms with Crippen LogP contribution in [0.25, 0.3) is 5.52 Å². The molecule has 0 bridgehead atoms. The molecule has 0 aromatic carbocycles. The highest BCUT2D eigenvalue weighted by Gasteiger charge is 2.45. The van der Waals surface area contributed by atoms with Gasteiger partial charge >= 0.3 is 18.0 Å². The number of aromatic nitrogens is 2. The highest BCUT2D eigenvalue weighted by atomic mass is 19.4. The first-order valence-electron chi connectivity index (χ1n) is 15.7. The van der Waals surface area contributed by atoms with Gasteiger partial charge in [-0.05, 0) is 82.0 Å². The van der Waals surface area contributed by atoms with Crippen LogP contribution in [-0.4, -0.2) is 57.9 Å². The van der Waals surface area contributed by atoms with Crippen LogP contribution in [0, 0.1) is 23.7 Å². The highest BCUT2D eigenvalue weighted by molar-refractivity contribution is 5.56. The van der Waals surface area contributed by atoms with Crippen molar-refractivity contribution in [2.75, 3.05) is 26.8 Å². The molecule has 0 amide bonds. The van der Waals surface area contributed by atoms with Crippen LogP contribution < -0.4 is 16.5 Å². The van der Waals surface area contributed by atoms with Gasteiger partial charge in [0, 0.05) is 31.0 Å². The molecule has 6 atom stereocenters. The van der Waals surface area contributed by atoms with Gasteiger partial charge in [-0.2, -0.15) is 26.3 Å². The third-order valence-electron chi connectivity index (χ3n) is 10.8. The zero-order valence-electron chi connectivity index (χ0n) is 24.7. The zero-order valence-corrected chi connectivity index (χ0v) is 24.7. The number of halogens is 6. The maximum Gasteiger partial charge on any atom is 0.418 e. The van der Waals surface area contributed by atoms with Crippen molar-refractivity contribution >= 4 is 5.52 Å². The third-order valence-corrected chi connectivity index (χ3v) is 10.8. The Morgan fingerprint density at radius 3 is 2.30 bits per heavy atom. The molecule has 2 N–H and O–H groups in total.